The monoisotopic (exact) mass is 547 g/mol. The molecule has 204 valence electrons. The van der Waals surface area contributed by atoms with Gasteiger partial charge in [0.1, 0.15) is 0 Å². The van der Waals surface area contributed by atoms with Crippen LogP contribution in [0.2, 0.25) is 0 Å². The molecule has 38 heavy (non-hydrogen) atoms. The molecule has 2 aliphatic rings. The van der Waals surface area contributed by atoms with Crippen LogP contribution in [-0.2, 0) is 14.8 Å². The first-order valence-electron chi connectivity index (χ1n) is 13.1. The topological polar surface area (TPSA) is 82.3 Å². The summed E-state index contributed by atoms with van der Waals surface area (Å²) in [5.41, 5.74) is 3.80. The SMILES string of the molecule is Cc1ccccc1-c1cc2ccc(S(=O)(=O)NC3CCC(C(=O)N4CCCC(C(F)(F)F)C4)CC3)cc2[nH]1. The molecule has 10 heteroatoms. The average molecular weight is 548 g/mol. The molecular formula is C28H32F3N3O3S. The van der Waals surface area contributed by atoms with Gasteiger partial charge in [0.25, 0.3) is 0 Å². The zero-order valence-electron chi connectivity index (χ0n) is 21.2. The molecule has 3 aromatic rings. The molecule has 1 aliphatic heterocycles. The summed E-state index contributed by atoms with van der Waals surface area (Å²) in [5.74, 6) is -2.06. The molecule has 1 aromatic heterocycles. The van der Waals surface area contributed by atoms with Crippen molar-refractivity contribution in [2.75, 3.05) is 13.1 Å². The molecule has 5 rings (SSSR count). The van der Waals surface area contributed by atoms with Gasteiger partial charge in [0.05, 0.1) is 10.8 Å². The summed E-state index contributed by atoms with van der Waals surface area (Å²) in [6, 6.07) is 14.6. The van der Waals surface area contributed by atoms with E-state index < -0.39 is 22.1 Å². The molecule has 1 aliphatic carbocycles. The Morgan fingerprint density at radius 1 is 1.03 bits per heavy atom. The number of nitrogens with zero attached hydrogens (tertiary/aromatic N) is 1. The predicted molar refractivity (Wildman–Crippen MR) is 140 cm³/mol. The number of aromatic amines is 1. The number of aryl methyl sites for hydroxylation is 1. The van der Waals surface area contributed by atoms with Crippen molar-refractivity contribution in [3.63, 3.8) is 0 Å². The van der Waals surface area contributed by atoms with Gasteiger partial charge in [-0.25, -0.2) is 13.1 Å². The molecule has 1 saturated heterocycles. The molecule has 2 N–H and O–H groups in total. The fraction of sp³-hybridized carbons (Fsp3) is 0.464. The van der Waals surface area contributed by atoms with Gasteiger partial charge in [-0.05, 0) is 69.2 Å². The van der Waals surface area contributed by atoms with E-state index in [-0.39, 0.29) is 35.7 Å². The number of hydrogen-bond acceptors (Lipinski definition) is 3. The van der Waals surface area contributed by atoms with E-state index in [0.29, 0.717) is 38.6 Å². The van der Waals surface area contributed by atoms with Crippen LogP contribution in [-0.4, -0.2) is 49.5 Å². The Morgan fingerprint density at radius 3 is 2.47 bits per heavy atom. The Hall–Kier alpha value is -2.85. The second kappa shape index (κ2) is 10.4. The maximum absolute atomic E-state index is 13.2. The standard InChI is InChI=1S/C28H32F3N3O3S/c1-18-5-2-3-7-24(18)26-15-20-10-13-23(16-25(20)32-26)38(36,37)33-22-11-8-19(9-12-22)27(35)34-14-4-6-21(17-34)28(29,30)31/h2-3,5,7,10,13,15-16,19,21-22,32-33H,4,6,8-9,11-12,14,17H2,1H3. The van der Waals surface area contributed by atoms with E-state index in [2.05, 4.69) is 9.71 Å². The number of fused-ring (bicyclic) bond motifs is 1. The molecule has 2 fully saturated rings. The number of sulfonamides is 1. The van der Waals surface area contributed by atoms with Crippen LogP contribution in [0.5, 0.6) is 0 Å². The van der Waals surface area contributed by atoms with Gasteiger partial charge in [-0.1, -0.05) is 30.3 Å². The fourth-order valence-corrected chi connectivity index (χ4v) is 7.07. The minimum absolute atomic E-state index is 0.0588. The van der Waals surface area contributed by atoms with Crippen molar-refractivity contribution in [3.8, 4) is 11.3 Å². The summed E-state index contributed by atoms with van der Waals surface area (Å²) in [6.07, 6.45) is -2.04. The van der Waals surface area contributed by atoms with Crippen molar-refractivity contribution in [2.24, 2.45) is 11.8 Å². The number of amides is 1. The number of rotatable bonds is 5. The molecular weight excluding hydrogens is 515 g/mol. The number of H-pyrrole nitrogens is 1. The highest BCUT2D eigenvalue weighted by Gasteiger charge is 2.43. The van der Waals surface area contributed by atoms with E-state index >= 15 is 0 Å². The van der Waals surface area contributed by atoms with Crippen molar-refractivity contribution in [1.29, 1.82) is 0 Å². The summed E-state index contributed by atoms with van der Waals surface area (Å²) in [6.45, 7) is 2.10. The molecule has 6 nitrogen and oxygen atoms in total. The van der Waals surface area contributed by atoms with Crippen molar-refractivity contribution >= 4 is 26.8 Å². The molecule has 0 spiro atoms. The van der Waals surface area contributed by atoms with Crippen LogP contribution in [0.25, 0.3) is 22.2 Å². The Morgan fingerprint density at radius 2 is 1.76 bits per heavy atom. The lowest BCUT2D eigenvalue weighted by Crippen LogP contribution is -2.48. The van der Waals surface area contributed by atoms with Gasteiger partial charge in [-0.2, -0.15) is 13.2 Å². The zero-order valence-corrected chi connectivity index (χ0v) is 22.0. The number of piperidine rings is 1. The Labute approximate surface area is 220 Å². The first-order valence-corrected chi connectivity index (χ1v) is 14.6. The fourth-order valence-electron chi connectivity index (χ4n) is 5.74. The maximum atomic E-state index is 13.2. The van der Waals surface area contributed by atoms with E-state index in [1.165, 1.54) is 4.90 Å². The van der Waals surface area contributed by atoms with Crippen molar-refractivity contribution in [2.45, 2.75) is 62.6 Å². The van der Waals surface area contributed by atoms with Gasteiger partial charge in [0, 0.05) is 47.2 Å². The third-order valence-electron chi connectivity index (χ3n) is 7.93. The second-order valence-electron chi connectivity index (χ2n) is 10.6. The largest absolute Gasteiger partial charge is 0.393 e. The normalized spacial score (nSPS) is 23.1. The van der Waals surface area contributed by atoms with E-state index in [0.717, 1.165) is 27.7 Å². The number of hydrogen-bond donors (Lipinski definition) is 2. The number of aromatic nitrogens is 1. The highest BCUT2D eigenvalue weighted by atomic mass is 32.2. The molecule has 2 aromatic carbocycles. The van der Waals surface area contributed by atoms with Crippen LogP contribution < -0.4 is 4.72 Å². The van der Waals surface area contributed by atoms with Crippen LogP contribution in [0.4, 0.5) is 13.2 Å². The van der Waals surface area contributed by atoms with Crippen LogP contribution >= 0.6 is 0 Å². The van der Waals surface area contributed by atoms with E-state index in [9.17, 15) is 26.4 Å². The summed E-state index contributed by atoms with van der Waals surface area (Å²) in [7, 11) is -3.79. The van der Waals surface area contributed by atoms with Gasteiger partial charge < -0.3 is 9.88 Å². The summed E-state index contributed by atoms with van der Waals surface area (Å²) in [4.78, 5) is 17.7. The number of carbonyl (C=O) groups is 1. The number of nitrogens with one attached hydrogen (secondary N) is 2. The lowest BCUT2D eigenvalue weighted by molar-refractivity contribution is -0.188. The van der Waals surface area contributed by atoms with Crippen LogP contribution in [0.3, 0.4) is 0 Å². The van der Waals surface area contributed by atoms with Gasteiger partial charge >= 0.3 is 6.18 Å². The molecule has 0 bridgehead atoms. The number of benzene rings is 2. The third-order valence-corrected chi connectivity index (χ3v) is 9.45. The van der Waals surface area contributed by atoms with E-state index in [1.54, 1.807) is 18.2 Å². The highest BCUT2D eigenvalue weighted by Crippen LogP contribution is 2.35. The number of alkyl halides is 3. The summed E-state index contributed by atoms with van der Waals surface area (Å²) >= 11 is 0. The first-order chi connectivity index (χ1) is 18.0. The van der Waals surface area contributed by atoms with Crippen LogP contribution in [0.15, 0.2) is 53.4 Å². The predicted octanol–water partition coefficient (Wildman–Crippen LogP) is 5.78. The average Bonchev–Trinajstić information content (AvgIpc) is 3.32. The highest BCUT2D eigenvalue weighted by molar-refractivity contribution is 7.89. The maximum Gasteiger partial charge on any atom is 0.393 e. The summed E-state index contributed by atoms with van der Waals surface area (Å²) < 4.78 is 68.5. The molecule has 0 radical (unpaired) electrons. The molecule has 2 heterocycles. The lowest BCUT2D eigenvalue weighted by atomic mass is 9.85. The molecule has 1 unspecified atom stereocenters. The Balaban J connectivity index is 1.21. The lowest BCUT2D eigenvalue weighted by Gasteiger charge is -2.37. The zero-order chi connectivity index (χ0) is 27.1. The quantitative estimate of drug-likeness (QED) is 0.425. The van der Waals surface area contributed by atoms with Crippen molar-refractivity contribution in [1.82, 2.24) is 14.6 Å². The minimum atomic E-state index is -4.29. The van der Waals surface area contributed by atoms with E-state index in [4.69, 9.17) is 0 Å². The van der Waals surface area contributed by atoms with Gasteiger partial charge in [0.15, 0.2) is 0 Å². The van der Waals surface area contributed by atoms with Crippen molar-refractivity contribution < 1.29 is 26.4 Å². The van der Waals surface area contributed by atoms with Gasteiger partial charge in [-0.3, -0.25) is 4.79 Å². The number of likely N-dealkylation sites (tertiary alicyclic amines) is 1. The molecule has 1 atom stereocenters. The Bertz CT molecular complexity index is 1430. The van der Waals surface area contributed by atoms with Gasteiger partial charge in [0.2, 0.25) is 15.9 Å². The summed E-state index contributed by atoms with van der Waals surface area (Å²) in [5, 5.41) is 0.909. The van der Waals surface area contributed by atoms with Crippen LogP contribution in [0.1, 0.15) is 44.1 Å². The third kappa shape index (κ3) is 5.61. The minimum Gasteiger partial charge on any atom is -0.354 e. The second-order valence-corrected chi connectivity index (χ2v) is 12.3. The van der Waals surface area contributed by atoms with Gasteiger partial charge in [-0.15, -0.1) is 0 Å². The number of carbonyl (C=O) groups excluding carboxylic acids is 1. The Kier molecular flexibility index (Phi) is 7.30. The van der Waals surface area contributed by atoms with E-state index in [1.807, 2.05) is 37.3 Å². The number of halogens is 3. The smallest absolute Gasteiger partial charge is 0.354 e. The molecule has 1 saturated carbocycles. The first kappa shape index (κ1) is 26.7. The molecule has 1 amide bonds. The van der Waals surface area contributed by atoms with Crippen LogP contribution in [0, 0.1) is 18.8 Å². The van der Waals surface area contributed by atoms with Crippen molar-refractivity contribution in [3.05, 3.63) is 54.1 Å².